The third-order valence-electron chi connectivity index (χ3n) is 2.79. The first-order chi connectivity index (χ1) is 9.74. The molecule has 0 saturated heterocycles. The second kappa shape index (κ2) is 5.38. The van der Waals surface area contributed by atoms with Gasteiger partial charge in [-0.15, -0.1) is 0 Å². The van der Waals surface area contributed by atoms with Crippen LogP contribution in [0.2, 0.25) is 0 Å². The molecule has 98 valence electrons. The molecule has 2 aromatic heterocycles. The van der Waals surface area contributed by atoms with E-state index in [0.717, 1.165) is 15.7 Å². The number of aromatic nitrogens is 3. The summed E-state index contributed by atoms with van der Waals surface area (Å²) in [7, 11) is 0. The van der Waals surface area contributed by atoms with Gasteiger partial charge in [-0.05, 0) is 28.1 Å². The average molecular weight is 327 g/mol. The van der Waals surface area contributed by atoms with Crippen LogP contribution in [0.1, 0.15) is 0 Å². The smallest absolute Gasteiger partial charge is 0.181 e. The molecular formula is C15H11BrN4. The predicted molar refractivity (Wildman–Crippen MR) is 82.8 cm³/mol. The predicted octanol–water partition coefficient (Wildman–Crippen LogP) is 3.55. The van der Waals surface area contributed by atoms with Gasteiger partial charge in [0.1, 0.15) is 11.5 Å². The standard InChI is InChI=1S/C15H11BrN4/c16-11-7-4-8-18-14(11)15-19-12(9-13(17)20-15)10-5-2-1-3-6-10/h1-9H,(H2,17,19,20). The van der Waals surface area contributed by atoms with Crippen LogP contribution in [0.15, 0.2) is 59.2 Å². The number of nitrogen functional groups attached to an aromatic ring is 1. The first-order valence-corrected chi connectivity index (χ1v) is 6.84. The zero-order valence-electron chi connectivity index (χ0n) is 10.5. The average Bonchev–Trinajstić information content (AvgIpc) is 2.48. The van der Waals surface area contributed by atoms with Crippen molar-refractivity contribution in [2.24, 2.45) is 0 Å². The van der Waals surface area contributed by atoms with Gasteiger partial charge >= 0.3 is 0 Å². The minimum Gasteiger partial charge on any atom is -0.384 e. The van der Waals surface area contributed by atoms with Gasteiger partial charge in [-0.2, -0.15) is 0 Å². The SMILES string of the molecule is Nc1cc(-c2ccccc2)nc(-c2ncccc2Br)n1. The fraction of sp³-hybridized carbons (Fsp3) is 0. The van der Waals surface area contributed by atoms with Crippen LogP contribution in [0.4, 0.5) is 5.82 Å². The van der Waals surface area contributed by atoms with E-state index in [0.29, 0.717) is 17.3 Å². The summed E-state index contributed by atoms with van der Waals surface area (Å²) in [5, 5.41) is 0. The van der Waals surface area contributed by atoms with Crippen LogP contribution in [0, 0.1) is 0 Å². The molecule has 0 spiro atoms. The van der Waals surface area contributed by atoms with Crippen molar-refractivity contribution in [2.45, 2.75) is 0 Å². The third-order valence-corrected chi connectivity index (χ3v) is 3.43. The van der Waals surface area contributed by atoms with E-state index < -0.39 is 0 Å². The molecule has 5 heteroatoms. The van der Waals surface area contributed by atoms with Crippen LogP contribution < -0.4 is 5.73 Å². The number of nitrogens with zero attached hydrogens (tertiary/aromatic N) is 3. The molecule has 0 aliphatic rings. The molecule has 4 nitrogen and oxygen atoms in total. The number of rotatable bonds is 2. The van der Waals surface area contributed by atoms with E-state index in [1.807, 2.05) is 42.5 Å². The van der Waals surface area contributed by atoms with Crippen molar-refractivity contribution in [1.82, 2.24) is 15.0 Å². The van der Waals surface area contributed by atoms with Crippen LogP contribution in [0.5, 0.6) is 0 Å². The van der Waals surface area contributed by atoms with Gasteiger partial charge in [0.2, 0.25) is 0 Å². The quantitative estimate of drug-likeness (QED) is 0.782. The van der Waals surface area contributed by atoms with Crippen molar-refractivity contribution in [3.63, 3.8) is 0 Å². The maximum absolute atomic E-state index is 5.89. The summed E-state index contributed by atoms with van der Waals surface area (Å²) < 4.78 is 0.838. The van der Waals surface area contributed by atoms with Crippen LogP contribution in [0.25, 0.3) is 22.8 Å². The molecule has 0 aliphatic heterocycles. The number of nitrogens with two attached hydrogens (primary N) is 1. The summed E-state index contributed by atoms with van der Waals surface area (Å²) in [5.41, 5.74) is 8.35. The van der Waals surface area contributed by atoms with E-state index in [1.54, 1.807) is 12.3 Å². The summed E-state index contributed by atoms with van der Waals surface area (Å²) in [6.07, 6.45) is 1.70. The van der Waals surface area contributed by atoms with Gasteiger partial charge in [0.25, 0.3) is 0 Å². The number of pyridine rings is 1. The molecule has 0 bridgehead atoms. The van der Waals surface area contributed by atoms with Crippen molar-refractivity contribution in [3.8, 4) is 22.8 Å². The first-order valence-electron chi connectivity index (χ1n) is 6.05. The van der Waals surface area contributed by atoms with E-state index in [2.05, 4.69) is 30.9 Å². The number of hydrogen-bond donors (Lipinski definition) is 1. The monoisotopic (exact) mass is 326 g/mol. The summed E-state index contributed by atoms with van der Waals surface area (Å²) in [6, 6.07) is 15.4. The zero-order chi connectivity index (χ0) is 13.9. The van der Waals surface area contributed by atoms with Gasteiger partial charge in [0.05, 0.1) is 5.69 Å². The number of benzene rings is 1. The first kappa shape index (κ1) is 12.7. The van der Waals surface area contributed by atoms with Crippen molar-refractivity contribution in [1.29, 1.82) is 0 Å². The molecule has 3 rings (SSSR count). The molecule has 20 heavy (non-hydrogen) atoms. The van der Waals surface area contributed by atoms with Crippen LogP contribution in [0.3, 0.4) is 0 Å². The van der Waals surface area contributed by atoms with Gasteiger partial charge < -0.3 is 5.73 Å². The van der Waals surface area contributed by atoms with Crippen molar-refractivity contribution >= 4 is 21.7 Å². The van der Waals surface area contributed by atoms with Gasteiger partial charge in [-0.1, -0.05) is 30.3 Å². The molecule has 0 saturated carbocycles. The highest BCUT2D eigenvalue weighted by atomic mass is 79.9. The Bertz CT molecular complexity index is 744. The summed E-state index contributed by atoms with van der Waals surface area (Å²) in [5.74, 6) is 0.933. The Kier molecular flexibility index (Phi) is 3.43. The van der Waals surface area contributed by atoms with Crippen LogP contribution >= 0.6 is 15.9 Å². The summed E-state index contributed by atoms with van der Waals surface area (Å²) >= 11 is 3.46. The van der Waals surface area contributed by atoms with Crippen LogP contribution in [-0.4, -0.2) is 15.0 Å². The van der Waals surface area contributed by atoms with Gasteiger partial charge in [0, 0.05) is 22.3 Å². The number of anilines is 1. The fourth-order valence-corrected chi connectivity index (χ4v) is 2.31. The molecule has 0 amide bonds. The Labute approximate surface area is 124 Å². The molecule has 0 unspecified atom stereocenters. The summed E-state index contributed by atoms with van der Waals surface area (Å²) in [6.45, 7) is 0. The fourth-order valence-electron chi connectivity index (χ4n) is 1.88. The van der Waals surface area contributed by atoms with Gasteiger partial charge in [0.15, 0.2) is 5.82 Å². The summed E-state index contributed by atoms with van der Waals surface area (Å²) in [4.78, 5) is 13.1. The molecule has 0 fully saturated rings. The van der Waals surface area contributed by atoms with E-state index in [9.17, 15) is 0 Å². The third kappa shape index (κ3) is 2.53. The van der Waals surface area contributed by atoms with Gasteiger partial charge in [-0.25, -0.2) is 9.97 Å². The molecular weight excluding hydrogens is 316 g/mol. The topological polar surface area (TPSA) is 64.7 Å². The lowest BCUT2D eigenvalue weighted by Crippen LogP contribution is -1.99. The highest BCUT2D eigenvalue weighted by Crippen LogP contribution is 2.26. The molecule has 0 atom stereocenters. The van der Waals surface area contributed by atoms with E-state index in [-0.39, 0.29) is 0 Å². The minimum atomic E-state index is 0.423. The highest BCUT2D eigenvalue weighted by Gasteiger charge is 2.10. The normalized spacial score (nSPS) is 10.4. The zero-order valence-corrected chi connectivity index (χ0v) is 12.1. The van der Waals surface area contributed by atoms with E-state index >= 15 is 0 Å². The van der Waals surface area contributed by atoms with Crippen molar-refractivity contribution < 1.29 is 0 Å². The molecule has 3 aromatic rings. The van der Waals surface area contributed by atoms with Gasteiger partial charge in [-0.3, -0.25) is 4.98 Å². The molecule has 2 heterocycles. The van der Waals surface area contributed by atoms with Crippen LogP contribution in [-0.2, 0) is 0 Å². The largest absolute Gasteiger partial charge is 0.384 e. The molecule has 1 aromatic carbocycles. The number of halogens is 1. The molecule has 0 aliphatic carbocycles. The Morgan fingerprint density at radius 1 is 0.950 bits per heavy atom. The maximum atomic E-state index is 5.89. The second-order valence-corrected chi connectivity index (χ2v) is 5.06. The lowest BCUT2D eigenvalue weighted by Gasteiger charge is -2.06. The van der Waals surface area contributed by atoms with Crippen molar-refractivity contribution in [3.05, 3.63) is 59.2 Å². The highest BCUT2D eigenvalue weighted by molar-refractivity contribution is 9.10. The number of hydrogen-bond acceptors (Lipinski definition) is 4. The van der Waals surface area contributed by atoms with E-state index in [4.69, 9.17) is 5.73 Å². The Balaban J connectivity index is 2.15. The maximum Gasteiger partial charge on any atom is 0.181 e. The van der Waals surface area contributed by atoms with Crippen molar-refractivity contribution in [2.75, 3.05) is 5.73 Å². The molecule has 2 N–H and O–H groups in total. The second-order valence-electron chi connectivity index (χ2n) is 4.20. The minimum absolute atomic E-state index is 0.423. The Morgan fingerprint density at radius 2 is 1.75 bits per heavy atom. The Morgan fingerprint density at radius 3 is 2.50 bits per heavy atom. The lowest BCUT2D eigenvalue weighted by molar-refractivity contribution is 1.14. The van der Waals surface area contributed by atoms with E-state index in [1.165, 1.54) is 0 Å². The lowest BCUT2D eigenvalue weighted by atomic mass is 10.1. The Hall–Kier alpha value is -2.27. The molecule has 0 radical (unpaired) electrons.